The molecule has 2 unspecified atom stereocenters. The number of aliphatic carboxylic acids is 1. The first-order valence-electron chi connectivity index (χ1n) is 6.91. The number of carboxylic acids is 1. The van der Waals surface area contributed by atoms with Gasteiger partial charge in [0.05, 0.1) is 12.5 Å². The second-order valence-corrected chi connectivity index (χ2v) is 5.56. The molecule has 1 aromatic carbocycles. The van der Waals surface area contributed by atoms with Crippen LogP contribution in [0, 0.1) is 11.8 Å². The maximum absolute atomic E-state index is 11.0. The minimum Gasteiger partial charge on any atom is -0.493 e. The van der Waals surface area contributed by atoms with Gasteiger partial charge in [0.25, 0.3) is 0 Å². The van der Waals surface area contributed by atoms with Crippen LogP contribution in [0.1, 0.15) is 30.9 Å². The zero-order valence-electron chi connectivity index (χ0n) is 10.8. The summed E-state index contributed by atoms with van der Waals surface area (Å²) in [4.78, 5) is 11.0. The van der Waals surface area contributed by atoms with Crippen molar-refractivity contribution in [2.24, 2.45) is 11.8 Å². The highest BCUT2D eigenvalue weighted by atomic mass is 16.5. The molecule has 0 radical (unpaired) electrons. The highest BCUT2D eigenvalue weighted by Crippen LogP contribution is 2.31. The molecule has 0 amide bonds. The standard InChI is InChI=1S/C15H19NO3/c17-15(18)12-7-14(16-8-12)11-2-1-3-13(6-11)19-9-10-4-5-10/h1-3,6,10,12,14,16H,4-5,7-9H2,(H,17,18). The molecule has 1 saturated carbocycles. The molecule has 1 aliphatic heterocycles. The number of carboxylic acid groups (broad SMARTS) is 1. The van der Waals surface area contributed by atoms with Gasteiger partial charge in [0, 0.05) is 12.6 Å². The lowest BCUT2D eigenvalue weighted by molar-refractivity contribution is -0.141. The summed E-state index contributed by atoms with van der Waals surface area (Å²) in [5.74, 6) is 0.645. The average Bonchev–Trinajstić information content (AvgIpc) is 3.10. The highest BCUT2D eigenvalue weighted by Gasteiger charge is 2.30. The zero-order chi connectivity index (χ0) is 13.2. The Morgan fingerprint density at radius 1 is 1.42 bits per heavy atom. The Morgan fingerprint density at radius 2 is 2.26 bits per heavy atom. The first-order valence-corrected chi connectivity index (χ1v) is 6.91. The molecular weight excluding hydrogens is 242 g/mol. The Kier molecular flexibility index (Phi) is 3.42. The van der Waals surface area contributed by atoms with Gasteiger partial charge in [-0.3, -0.25) is 4.79 Å². The zero-order valence-corrected chi connectivity index (χ0v) is 10.8. The van der Waals surface area contributed by atoms with Crippen molar-refractivity contribution in [3.63, 3.8) is 0 Å². The maximum atomic E-state index is 11.0. The molecular formula is C15H19NO3. The Bertz CT molecular complexity index is 470. The topological polar surface area (TPSA) is 58.6 Å². The quantitative estimate of drug-likeness (QED) is 0.853. The number of ether oxygens (including phenoxy) is 1. The third-order valence-electron chi connectivity index (χ3n) is 3.92. The van der Waals surface area contributed by atoms with Crippen molar-refractivity contribution in [2.45, 2.75) is 25.3 Å². The van der Waals surface area contributed by atoms with E-state index in [1.165, 1.54) is 12.8 Å². The molecule has 3 rings (SSSR count). The molecule has 19 heavy (non-hydrogen) atoms. The Balaban J connectivity index is 1.63. The van der Waals surface area contributed by atoms with Crippen LogP contribution in [0.4, 0.5) is 0 Å². The van der Waals surface area contributed by atoms with E-state index in [1.807, 2.05) is 24.3 Å². The molecule has 1 aliphatic carbocycles. The molecule has 102 valence electrons. The number of benzene rings is 1. The first-order chi connectivity index (χ1) is 9.22. The molecule has 1 saturated heterocycles. The summed E-state index contributed by atoms with van der Waals surface area (Å²) in [5, 5.41) is 12.3. The van der Waals surface area contributed by atoms with Gasteiger partial charge >= 0.3 is 5.97 Å². The molecule has 2 atom stereocenters. The lowest BCUT2D eigenvalue weighted by atomic mass is 10.00. The van der Waals surface area contributed by atoms with Gasteiger partial charge in [-0.05, 0) is 42.9 Å². The largest absolute Gasteiger partial charge is 0.493 e. The second-order valence-electron chi connectivity index (χ2n) is 5.56. The van der Waals surface area contributed by atoms with Gasteiger partial charge in [0.1, 0.15) is 5.75 Å². The van der Waals surface area contributed by atoms with Gasteiger partial charge in [0.2, 0.25) is 0 Å². The van der Waals surface area contributed by atoms with E-state index in [0.717, 1.165) is 23.8 Å². The lowest BCUT2D eigenvalue weighted by Gasteiger charge is -2.12. The summed E-state index contributed by atoms with van der Waals surface area (Å²) >= 11 is 0. The molecule has 0 spiro atoms. The van der Waals surface area contributed by atoms with Crippen LogP contribution in [-0.4, -0.2) is 24.2 Å². The van der Waals surface area contributed by atoms with Crippen molar-refractivity contribution >= 4 is 5.97 Å². The minimum absolute atomic E-state index is 0.130. The number of rotatable bonds is 5. The molecule has 4 heteroatoms. The van der Waals surface area contributed by atoms with Crippen LogP contribution in [0.25, 0.3) is 0 Å². The van der Waals surface area contributed by atoms with E-state index in [0.29, 0.717) is 13.0 Å². The Morgan fingerprint density at radius 3 is 2.95 bits per heavy atom. The second kappa shape index (κ2) is 5.21. The van der Waals surface area contributed by atoms with Gasteiger partial charge in [0.15, 0.2) is 0 Å². The summed E-state index contributed by atoms with van der Waals surface area (Å²) in [6.07, 6.45) is 3.22. The van der Waals surface area contributed by atoms with E-state index >= 15 is 0 Å². The molecule has 0 aromatic heterocycles. The van der Waals surface area contributed by atoms with Crippen LogP contribution in [0.2, 0.25) is 0 Å². The van der Waals surface area contributed by atoms with Crippen molar-refractivity contribution in [2.75, 3.05) is 13.2 Å². The molecule has 0 bridgehead atoms. The van der Waals surface area contributed by atoms with Crippen molar-refractivity contribution in [3.8, 4) is 5.75 Å². The van der Waals surface area contributed by atoms with Crippen molar-refractivity contribution in [1.29, 1.82) is 0 Å². The number of carbonyl (C=O) groups is 1. The predicted molar refractivity (Wildman–Crippen MR) is 71.1 cm³/mol. The van der Waals surface area contributed by atoms with Crippen LogP contribution in [-0.2, 0) is 4.79 Å². The average molecular weight is 261 g/mol. The van der Waals surface area contributed by atoms with Gasteiger partial charge in [-0.2, -0.15) is 0 Å². The van der Waals surface area contributed by atoms with Gasteiger partial charge in [-0.15, -0.1) is 0 Å². The number of hydrogen-bond donors (Lipinski definition) is 2. The van der Waals surface area contributed by atoms with E-state index in [1.54, 1.807) is 0 Å². The highest BCUT2D eigenvalue weighted by molar-refractivity contribution is 5.70. The molecule has 4 nitrogen and oxygen atoms in total. The fourth-order valence-corrected chi connectivity index (χ4v) is 2.50. The van der Waals surface area contributed by atoms with Gasteiger partial charge < -0.3 is 15.2 Å². The Hall–Kier alpha value is -1.55. The third kappa shape index (κ3) is 3.07. The van der Waals surface area contributed by atoms with Crippen molar-refractivity contribution in [3.05, 3.63) is 29.8 Å². The Labute approximate surface area is 112 Å². The summed E-state index contributed by atoms with van der Waals surface area (Å²) in [7, 11) is 0. The number of hydrogen-bond acceptors (Lipinski definition) is 3. The third-order valence-corrected chi connectivity index (χ3v) is 3.92. The summed E-state index contributed by atoms with van der Waals surface area (Å²) in [6, 6.07) is 8.14. The van der Waals surface area contributed by atoms with Crippen LogP contribution in [0.5, 0.6) is 5.75 Å². The van der Waals surface area contributed by atoms with Crippen LogP contribution in [0.3, 0.4) is 0 Å². The van der Waals surface area contributed by atoms with E-state index in [2.05, 4.69) is 5.32 Å². The van der Waals surface area contributed by atoms with E-state index in [9.17, 15) is 4.79 Å². The predicted octanol–water partition coefficient (Wildman–Crippen LogP) is 2.21. The van der Waals surface area contributed by atoms with Crippen LogP contribution < -0.4 is 10.1 Å². The van der Waals surface area contributed by atoms with Crippen molar-refractivity contribution < 1.29 is 14.6 Å². The van der Waals surface area contributed by atoms with Gasteiger partial charge in [-0.1, -0.05) is 12.1 Å². The maximum Gasteiger partial charge on any atom is 0.307 e. The molecule has 2 N–H and O–H groups in total. The molecule has 2 aliphatic rings. The first kappa shape index (κ1) is 12.5. The molecule has 2 fully saturated rings. The monoisotopic (exact) mass is 261 g/mol. The van der Waals surface area contributed by atoms with Gasteiger partial charge in [-0.25, -0.2) is 0 Å². The fourth-order valence-electron chi connectivity index (χ4n) is 2.50. The smallest absolute Gasteiger partial charge is 0.307 e. The van der Waals surface area contributed by atoms with Crippen LogP contribution >= 0.6 is 0 Å². The molecule has 1 aromatic rings. The number of nitrogens with one attached hydrogen (secondary N) is 1. The SMILES string of the molecule is O=C(O)C1CNC(c2cccc(OCC3CC3)c2)C1. The minimum atomic E-state index is -0.712. The summed E-state index contributed by atoms with van der Waals surface area (Å²) < 4.78 is 5.76. The summed E-state index contributed by atoms with van der Waals surface area (Å²) in [6.45, 7) is 1.35. The van der Waals surface area contributed by atoms with Crippen molar-refractivity contribution in [1.82, 2.24) is 5.32 Å². The fraction of sp³-hybridized carbons (Fsp3) is 0.533. The molecule has 1 heterocycles. The van der Waals surface area contributed by atoms with E-state index in [4.69, 9.17) is 9.84 Å². The summed E-state index contributed by atoms with van der Waals surface area (Å²) in [5.41, 5.74) is 1.12. The van der Waals surface area contributed by atoms with Crippen LogP contribution in [0.15, 0.2) is 24.3 Å². The van der Waals surface area contributed by atoms with E-state index < -0.39 is 5.97 Å². The normalized spacial score (nSPS) is 26.3. The van der Waals surface area contributed by atoms with E-state index in [-0.39, 0.29) is 12.0 Å². The lowest BCUT2D eigenvalue weighted by Crippen LogP contribution is -2.17.